The van der Waals surface area contributed by atoms with Crippen LogP contribution in [0.15, 0.2) is 29.4 Å². The average molecular weight is 285 g/mol. The van der Waals surface area contributed by atoms with Crippen LogP contribution < -0.4 is 4.74 Å². The summed E-state index contributed by atoms with van der Waals surface area (Å²) in [7, 11) is 1.70. The summed E-state index contributed by atoms with van der Waals surface area (Å²) in [6, 6.07) is 8.28. The van der Waals surface area contributed by atoms with Crippen LogP contribution in [-0.4, -0.2) is 19.4 Å². The number of benzene rings is 1. The molecule has 3 heteroatoms. The third kappa shape index (κ3) is 1.52. The molecule has 0 radical (unpaired) electrons. The van der Waals surface area contributed by atoms with E-state index in [-0.39, 0.29) is 10.8 Å². The highest BCUT2D eigenvalue weighted by Gasteiger charge is 2.67. The van der Waals surface area contributed by atoms with Gasteiger partial charge in [0, 0.05) is 5.56 Å². The molecular weight excluding hydrogens is 262 g/mol. The summed E-state index contributed by atoms with van der Waals surface area (Å²) >= 11 is 0. The molecule has 0 amide bonds. The van der Waals surface area contributed by atoms with Gasteiger partial charge in [-0.3, -0.25) is 0 Å². The Kier molecular flexibility index (Phi) is 2.66. The predicted octanol–water partition coefficient (Wildman–Crippen LogP) is 3.87. The van der Waals surface area contributed by atoms with Gasteiger partial charge in [-0.1, -0.05) is 19.0 Å². The lowest BCUT2D eigenvalue weighted by molar-refractivity contribution is 0.00917. The second-order valence-corrected chi connectivity index (χ2v) is 7.34. The summed E-state index contributed by atoms with van der Waals surface area (Å²) in [5, 5.41) is 4.49. The minimum atomic E-state index is 0.102. The van der Waals surface area contributed by atoms with Gasteiger partial charge in [0.15, 0.2) is 0 Å². The first-order valence-electron chi connectivity index (χ1n) is 7.94. The summed E-state index contributed by atoms with van der Waals surface area (Å²) in [5.74, 6) is 2.42. The largest absolute Gasteiger partial charge is 0.497 e. The van der Waals surface area contributed by atoms with Gasteiger partial charge in [0.05, 0.1) is 18.2 Å². The van der Waals surface area contributed by atoms with E-state index in [0.29, 0.717) is 0 Å². The second kappa shape index (κ2) is 4.25. The molecule has 0 N–H and O–H groups in total. The monoisotopic (exact) mass is 285 g/mol. The molecule has 3 nitrogen and oxygen atoms in total. The zero-order valence-electron chi connectivity index (χ0n) is 13.1. The quantitative estimate of drug-likeness (QED) is 0.826. The number of hydrogen-bond acceptors (Lipinski definition) is 3. The van der Waals surface area contributed by atoms with Crippen molar-refractivity contribution >= 4 is 5.71 Å². The molecule has 2 aliphatic carbocycles. The van der Waals surface area contributed by atoms with Gasteiger partial charge in [-0.05, 0) is 60.8 Å². The Morgan fingerprint density at radius 3 is 2.48 bits per heavy atom. The topological polar surface area (TPSA) is 30.8 Å². The summed E-state index contributed by atoms with van der Waals surface area (Å²) in [4.78, 5) is 5.65. The first kappa shape index (κ1) is 13.2. The third-order valence-electron chi connectivity index (χ3n) is 6.53. The summed E-state index contributed by atoms with van der Waals surface area (Å²) in [6.07, 6.45) is 4.04. The fourth-order valence-corrected chi connectivity index (χ4v) is 5.18. The van der Waals surface area contributed by atoms with E-state index in [1.54, 1.807) is 7.11 Å². The number of nitrogens with zero attached hydrogens (tertiary/aromatic N) is 1. The van der Waals surface area contributed by atoms with Crippen molar-refractivity contribution in [1.82, 2.24) is 0 Å². The SMILES string of the molecule is COc1ccc(C2=NOCC23[C@H]2CC[C@H](C2)C3(C)C)cc1. The Morgan fingerprint density at radius 2 is 1.86 bits per heavy atom. The van der Waals surface area contributed by atoms with E-state index in [1.807, 2.05) is 12.1 Å². The van der Waals surface area contributed by atoms with Gasteiger partial charge < -0.3 is 9.57 Å². The maximum atomic E-state index is 5.65. The van der Waals surface area contributed by atoms with Crippen molar-refractivity contribution in [1.29, 1.82) is 0 Å². The fraction of sp³-hybridized carbons (Fsp3) is 0.611. The fourth-order valence-electron chi connectivity index (χ4n) is 5.18. The smallest absolute Gasteiger partial charge is 0.129 e. The van der Waals surface area contributed by atoms with Crippen LogP contribution in [0.1, 0.15) is 38.7 Å². The van der Waals surface area contributed by atoms with Gasteiger partial charge in [-0.15, -0.1) is 0 Å². The first-order valence-corrected chi connectivity index (χ1v) is 7.94. The Hall–Kier alpha value is -1.51. The lowest BCUT2D eigenvalue weighted by Gasteiger charge is -2.46. The molecule has 0 saturated heterocycles. The maximum absolute atomic E-state index is 5.65. The average Bonchev–Trinajstić information content (AvgIpc) is 3.18. The normalized spacial score (nSPS) is 35.9. The highest BCUT2D eigenvalue weighted by atomic mass is 16.6. The molecule has 2 saturated carbocycles. The molecule has 21 heavy (non-hydrogen) atoms. The van der Waals surface area contributed by atoms with E-state index in [0.717, 1.165) is 24.2 Å². The van der Waals surface area contributed by atoms with Gasteiger partial charge in [0.25, 0.3) is 0 Å². The van der Waals surface area contributed by atoms with Crippen LogP contribution >= 0.6 is 0 Å². The van der Waals surface area contributed by atoms with Crippen molar-refractivity contribution in [2.45, 2.75) is 33.1 Å². The third-order valence-corrected chi connectivity index (χ3v) is 6.53. The number of ether oxygens (including phenoxy) is 1. The molecule has 1 heterocycles. The molecule has 1 aromatic carbocycles. The van der Waals surface area contributed by atoms with Gasteiger partial charge in [-0.25, -0.2) is 0 Å². The summed E-state index contributed by atoms with van der Waals surface area (Å²) in [5.41, 5.74) is 2.73. The molecule has 1 aromatic rings. The highest BCUT2D eigenvalue weighted by Crippen LogP contribution is 2.68. The van der Waals surface area contributed by atoms with E-state index >= 15 is 0 Å². The molecule has 0 aromatic heterocycles. The van der Waals surface area contributed by atoms with Crippen molar-refractivity contribution < 1.29 is 9.57 Å². The molecular formula is C18H23NO2. The number of oxime groups is 1. The van der Waals surface area contributed by atoms with Gasteiger partial charge in [0.1, 0.15) is 12.4 Å². The Bertz CT molecular complexity index is 590. The molecule has 4 rings (SSSR count). The van der Waals surface area contributed by atoms with Crippen LogP contribution in [0.25, 0.3) is 0 Å². The standard InChI is InChI=1S/C18H23NO2/c1-17(2)13-6-7-14(10-13)18(17)11-21-19-16(18)12-4-8-15(20-3)9-5-12/h4-5,8-9,13-14H,6-7,10-11H2,1-3H3/t13-,14+,18?/m1/s1. The molecule has 1 aliphatic heterocycles. The van der Waals surface area contributed by atoms with Crippen LogP contribution in [0.2, 0.25) is 0 Å². The van der Waals surface area contributed by atoms with Gasteiger partial charge in [-0.2, -0.15) is 0 Å². The van der Waals surface area contributed by atoms with Crippen molar-refractivity contribution in [3.05, 3.63) is 29.8 Å². The first-order chi connectivity index (χ1) is 10.1. The van der Waals surface area contributed by atoms with Crippen LogP contribution in [0.4, 0.5) is 0 Å². The van der Waals surface area contributed by atoms with Crippen molar-refractivity contribution in [2.75, 3.05) is 13.7 Å². The van der Waals surface area contributed by atoms with Crippen molar-refractivity contribution in [3.63, 3.8) is 0 Å². The Balaban J connectivity index is 1.78. The van der Waals surface area contributed by atoms with E-state index < -0.39 is 0 Å². The van der Waals surface area contributed by atoms with Gasteiger partial charge >= 0.3 is 0 Å². The van der Waals surface area contributed by atoms with Crippen molar-refractivity contribution in [2.24, 2.45) is 27.8 Å². The van der Waals surface area contributed by atoms with Crippen molar-refractivity contribution in [3.8, 4) is 5.75 Å². The maximum Gasteiger partial charge on any atom is 0.129 e. The number of rotatable bonds is 2. The predicted molar refractivity (Wildman–Crippen MR) is 82.5 cm³/mol. The van der Waals surface area contributed by atoms with E-state index in [9.17, 15) is 0 Å². The molecule has 1 spiro atoms. The van der Waals surface area contributed by atoms with Crippen LogP contribution in [0.5, 0.6) is 5.75 Å². The van der Waals surface area contributed by atoms with Crippen LogP contribution in [0, 0.1) is 22.7 Å². The highest BCUT2D eigenvalue weighted by molar-refractivity contribution is 6.06. The van der Waals surface area contributed by atoms with E-state index in [1.165, 1.54) is 30.5 Å². The number of hydrogen-bond donors (Lipinski definition) is 0. The Morgan fingerprint density at radius 1 is 1.14 bits per heavy atom. The van der Waals surface area contributed by atoms with Crippen LogP contribution in [0.3, 0.4) is 0 Å². The van der Waals surface area contributed by atoms with Crippen LogP contribution in [-0.2, 0) is 4.84 Å². The zero-order valence-corrected chi connectivity index (χ0v) is 13.1. The molecule has 2 fully saturated rings. The number of fused-ring (bicyclic) bond motifs is 3. The lowest BCUT2D eigenvalue weighted by Crippen LogP contribution is -2.49. The molecule has 1 unspecified atom stereocenters. The zero-order chi connectivity index (χ0) is 14.7. The van der Waals surface area contributed by atoms with E-state index in [4.69, 9.17) is 9.57 Å². The lowest BCUT2D eigenvalue weighted by atomic mass is 9.55. The minimum absolute atomic E-state index is 0.102. The number of methoxy groups -OCH3 is 1. The summed E-state index contributed by atoms with van der Waals surface area (Å²) < 4.78 is 5.27. The van der Waals surface area contributed by atoms with Gasteiger partial charge in [0.2, 0.25) is 0 Å². The minimum Gasteiger partial charge on any atom is -0.497 e. The second-order valence-electron chi connectivity index (χ2n) is 7.34. The summed E-state index contributed by atoms with van der Waals surface area (Å²) in [6.45, 7) is 5.59. The Labute approximate surface area is 126 Å². The molecule has 112 valence electrons. The van der Waals surface area contributed by atoms with E-state index in [2.05, 4.69) is 31.1 Å². The molecule has 2 bridgehead atoms. The molecule has 3 aliphatic rings. The molecule has 3 atom stereocenters.